The van der Waals surface area contributed by atoms with Crippen LogP contribution < -0.4 is 0 Å². The molecule has 0 fully saturated rings. The zero-order valence-electron chi connectivity index (χ0n) is 12.7. The van der Waals surface area contributed by atoms with Crippen LogP contribution in [-0.4, -0.2) is 4.57 Å². The van der Waals surface area contributed by atoms with Gasteiger partial charge in [-0.1, -0.05) is 67.2 Å². The van der Waals surface area contributed by atoms with Crippen LogP contribution in [0.4, 0.5) is 0 Å². The summed E-state index contributed by atoms with van der Waals surface area (Å²) in [6.07, 6.45) is 1.91. The fourth-order valence-electron chi connectivity index (χ4n) is 3.77. The van der Waals surface area contributed by atoms with Crippen molar-refractivity contribution < 1.29 is 0 Å². The Morgan fingerprint density at radius 3 is 1.57 bits per heavy atom. The van der Waals surface area contributed by atoms with E-state index in [2.05, 4.69) is 83.9 Å². The fraction of sp³-hybridized carbons (Fsp3) is 0. The van der Waals surface area contributed by atoms with Crippen molar-refractivity contribution in [1.82, 2.24) is 4.57 Å². The molecular weight excluding hydrogens is 278 g/mol. The Hall–Kier alpha value is -3.06. The number of fused-ring (bicyclic) bond motifs is 7. The number of rotatable bonds is 1. The summed E-state index contributed by atoms with van der Waals surface area (Å²) in [6.45, 7) is 4.03. The number of nitrogens with zero attached hydrogens (tertiary/aromatic N) is 1. The lowest BCUT2D eigenvalue weighted by Gasteiger charge is -2.02. The van der Waals surface area contributed by atoms with Gasteiger partial charge < -0.3 is 4.57 Å². The molecule has 23 heavy (non-hydrogen) atoms. The van der Waals surface area contributed by atoms with E-state index in [9.17, 15) is 0 Å². The van der Waals surface area contributed by atoms with E-state index in [4.69, 9.17) is 0 Å². The van der Waals surface area contributed by atoms with Crippen LogP contribution in [0.1, 0.15) is 0 Å². The first kappa shape index (κ1) is 12.5. The highest BCUT2D eigenvalue weighted by Crippen LogP contribution is 2.38. The van der Waals surface area contributed by atoms with Gasteiger partial charge in [-0.2, -0.15) is 0 Å². The molecule has 4 aromatic carbocycles. The monoisotopic (exact) mass is 293 g/mol. The van der Waals surface area contributed by atoms with Crippen LogP contribution in [0.2, 0.25) is 0 Å². The van der Waals surface area contributed by atoms with Gasteiger partial charge in [-0.05, 0) is 33.7 Å². The summed E-state index contributed by atoms with van der Waals surface area (Å²) in [5.41, 5.74) is 2.43. The van der Waals surface area contributed by atoms with Gasteiger partial charge in [0.2, 0.25) is 0 Å². The Balaban J connectivity index is 2.21. The van der Waals surface area contributed by atoms with Gasteiger partial charge >= 0.3 is 0 Å². The van der Waals surface area contributed by atoms with Crippen LogP contribution in [0, 0.1) is 0 Å². The SMILES string of the molecule is C=Cn1c2ccc3ccccc3c2c2c3ccccc3ccc21. The summed E-state index contributed by atoms with van der Waals surface area (Å²) < 4.78 is 2.20. The Bertz CT molecular complexity index is 1130. The molecule has 0 saturated carbocycles. The van der Waals surface area contributed by atoms with Crippen molar-refractivity contribution in [1.29, 1.82) is 0 Å². The van der Waals surface area contributed by atoms with Gasteiger partial charge in [-0.15, -0.1) is 0 Å². The van der Waals surface area contributed by atoms with E-state index in [1.165, 1.54) is 43.4 Å². The Labute approximate surface area is 134 Å². The zero-order chi connectivity index (χ0) is 15.4. The van der Waals surface area contributed by atoms with Crippen molar-refractivity contribution in [3.8, 4) is 0 Å². The number of hydrogen-bond donors (Lipinski definition) is 0. The highest BCUT2D eigenvalue weighted by Gasteiger charge is 2.14. The average Bonchev–Trinajstić information content (AvgIpc) is 2.96. The van der Waals surface area contributed by atoms with Gasteiger partial charge in [-0.3, -0.25) is 0 Å². The van der Waals surface area contributed by atoms with Crippen LogP contribution in [0.25, 0.3) is 49.6 Å². The average molecular weight is 293 g/mol. The van der Waals surface area contributed by atoms with Crippen LogP contribution >= 0.6 is 0 Å². The number of aromatic nitrogens is 1. The third-order valence-electron chi connectivity index (χ3n) is 4.77. The van der Waals surface area contributed by atoms with Crippen molar-refractivity contribution in [3.63, 3.8) is 0 Å². The van der Waals surface area contributed by atoms with Crippen molar-refractivity contribution in [2.75, 3.05) is 0 Å². The molecule has 0 bridgehead atoms. The summed E-state index contributed by atoms with van der Waals surface area (Å²) in [6, 6.07) is 26.0. The topological polar surface area (TPSA) is 4.93 Å². The second-order valence-electron chi connectivity index (χ2n) is 5.91. The molecule has 0 amide bonds. The van der Waals surface area contributed by atoms with E-state index in [0.717, 1.165) is 0 Å². The molecular formula is C22H15N. The standard InChI is InChI=1S/C22H15N/c1-2-23-19-13-11-15-7-3-5-9-17(15)21(19)22-18-10-6-4-8-16(18)12-14-20(22)23/h2-14H,1H2. The highest BCUT2D eigenvalue weighted by molar-refractivity contribution is 6.28. The molecule has 0 N–H and O–H groups in total. The first-order valence-electron chi connectivity index (χ1n) is 7.84. The van der Waals surface area contributed by atoms with E-state index in [-0.39, 0.29) is 0 Å². The van der Waals surface area contributed by atoms with E-state index < -0.39 is 0 Å². The lowest BCUT2D eigenvalue weighted by atomic mass is 10.00. The number of hydrogen-bond acceptors (Lipinski definition) is 0. The molecule has 1 nitrogen and oxygen atoms in total. The Morgan fingerprint density at radius 1 is 0.609 bits per heavy atom. The molecule has 0 spiro atoms. The maximum absolute atomic E-state index is 4.03. The molecule has 5 rings (SSSR count). The van der Waals surface area contributed by atoms with Crippen molar-refractivity contribution in [2.45, 2.75) is 0 Å². The second kappa shape index (κ2) is 4.47. The molecule has 5 aromatic rings. The largest absolute Gasteiger partial charge is 0.316 e. The van der Waals surface area contributed by atoms with E-state index in [1.54, 1.807) is 0 Å². The van der Waals surface area contributed by atoms with E-state index >= 15 is 0 Å². The van der Waals surface area contributed by atoms with Gasteiger partial charge in [0.25, 0.3) is 0 Å². The quantitative estimate of drug-likeness (QED) is 0.346. The van der Waals surface area contributed by atoms with Gasteiger partial charge in [-0.25, -0.2) is 0 Å². The van der Waals surface area contributed by atoms with Crippen molar-refractivity contribution in [3.05, 3.63) is 79.4 Å². The van der Waals surface area contributed by atoms with Gasteiger partial charge in [0.1, 0.15) is 0 Å². The van der Waals surface area contributed by atoms with Crippen molar-refractivity contribution >= 4 is 49.6 Å². The minimum absolute atomic E-state index is 1.21. The van der Waals surface area contributed by atoms with Crippen LogP contribution in [0.15, 0.2) is 79.4 Å². The van der Waals surface area contributed by atoms with Gasteiger partial charge in [0.15, 0.2) is 0 Å². The summed E-state index contributed by atoms with van der Waals surface area (Å²) in [4.78, 5) is 0. The van der Waals surface area contributed by atoms with Gasteiger partial charge in [0.05, 0.1) is 11.0 Å². The predicted octanol–water partition coefficient (Wildman–Crippen LogP) is 6.20. The molecule has 1 heteroatoms. The van der Waals surface area contributed by atoms with Crippen LogP contribution in [0.3, 0.4) is 0 Å². The Morgan fingerprint density at radius 2 is 1.09 bits per heavy atom. The third-order valence-corrected chi connectivity index (χ3v) is 4.77. The summed E-state index contributed by atoms with van der Waals surface area (Å²) in [5, 5.41) is 7.77. The number of benzene rings is 4. The summed E-state index contributed by atoms with van der Waals surface area (Å²) in [5.74, 6) is 0. The minimum atomic E-state index is 1.21. The molecule has 0 aliphatic rings. The molecule has 0 saturated heterocycles. The predicted molar refractivity (Wildman–Crippen MR) is 101 cm³/mol. The van der Waals surface area contributed by atoms with Crippen molar-refractivity contribution in [2.24, 2.45) is 0 Å². The molecule has 0 unspecified atom stereocenters. The molecule has 108 valence electrons. The maximum atomic E-state index is 4.03. The minimum Gasteiger partial charge on any atom is -0.316 e. The first-order chi connectivity index (χ1) is 11.4. The fourth-order valence-corrected chi connectivity index (χ4v) is 3.77. The van der Waals surface area contributed by atoms with E-state index in [0.29, 0.717) is 0 Å². The second-order valence-corrected chi connectivity index (χ2v) is 5.91. The Kier molecular flexibility index (Phi) is 2.42. The third kappa shape index (κ3) is 1.56. The van der Waals surface area contributed by atoms with Crippen LogP contribution in [0.5, 0.6) is 0 Å². The molecule has 0 aliphatic heterocycles. The molecule has 1 heterocycles. The summed E-state index contributed by atoms with van der Waals surface area (Å²) in [7, 11) is 0. The smallest absolute Gasteiger partial charge is 0.0541 e. The first-order valence-corrected chi connectivity index (χ1v) is 7.84. The normalized spacial score (nSPS) is 11.7. The molecule has 0 atom stereocenters. The van der Waals surface area contributed by atoms with Gasteiger partial charge in [0, 0.05) is 17.0 Å². The molecule has 0 radical (unpaired) electrons. The summed E-state index contributed by atoms with van der Waals surface area (Å²) >= 11 is 0. The lowest BCUT2D eigenvalue weighted by Crippen LogP contribution is -1.84. The maximum Gasteiger partial charge on any atom is 0.0541 e. The lowest BCUT2D eigenvalue weighted by molar-refractivity contribution is 1.30. The zero-order valence-corrected chi connectivity index (χ0v) is 12.7. The molecule has 1 aromatic heterocycles. The molecule has 0 aliphatic carbocycles. The highest BCUT2D eigenvalue weighted by atomic mass is 14.9. The van der Waals surface area contributed by atoms with Crippen LogP contribution in [-0.2, 0) is 0 Å². The van der Waals surface area contributed by atoms with E-state index in [1.807, 2.05) is 6.20 Å².